The van der Waals surface area contributed by atoms with E-state index in [0.29, 0.717) is 26.1 Å². The maximum atomic E-state index is 12.7. The van der Waals surface area contributed by atoms with Crippen molar-refractivity contribution in [2.24, 2.45) is 35.5 Å². The number of carbonyl (C=O) groups is 4. The highest BCUT2D eigenvalue weighted by Crippen LogP contribution is 2.30. The predicted molar refractivity (Wildman–Crippen MR) is 170 cm³/mol. The number of rotatable bonds is 16. The Balaban J connectivity index is 0.000000474. The molecule has 244 valence electrons. The Bertz CT molecular complexity index is 1020. The zero-order valence-electron chi connectivity index (χ0n) is 27.7. The molecule has 0 radical (unpaired) electrons. The molecule has 2 aromatic rings. The van der Waals surface area contributed by atoms with Gasteiger partial charge in [-0.1, -0.05) is 88.4 Å². The lowest BCUT2D eigenvalue weighted by Crippen LogP contribution is -2.39. The summed E-state index contributed by atoms with van der Waals surface area (Å²) in [6.07, 6.45) is 0.881. The lowest BCUT2D eigenvalue weighted by atomic mass is 9.77. The molecule has 44 heavy (non-hydrogen) atoms. The molecule has 8 nitrogen and oxygen atoms in total. The fourth-order valence-corrected chi connectivity index (χ4v) is 5.16. The summed E-state index contributed by atoms with van der Waals surface area (Å²) in [5.74, 6) is -3.29. The van der Waals surface area contributed by atoms with Crippen molar-refractivity contribution in [2.75, 3.05) is 26.4 Å². The topological polar surface area (TPSA) is 105 Å². The van der Waals surface area contributed by atoms with Gasteiger partial charge in [0.2, 0.25) is 0 Å². The molecule has 4 unspecified atom stereocenters. The first-order valence-corrected chi connectivity index (χ1v) is 15.8. The van der Waals surface area contributed by atoms with Crippen molar-refractivity contribution in [3.05, 3.63) is 71.8 Å². The summed E-state index contributed by atoms with van der Waals surface area (Å²) in [5, 5.41) is 0. The maximum absolute atomic E-state index is 12.7. The predicted octanol–water partition coefficient (Wildman–Crippen LogP) is 6.49. The van der Waals surface area contributed by atoms with Gasteiger partial charge in [0.15, 0.2) is 0 Å². The van der Waals surface area contributed by atoms with Gasteiger partial charge in [-0.3, -0.25) is 19.2 Å². The second kappa shape index (κ2) is 21.1. The van der Waals surface area contributed by atoms with Crippen LogP contribution in [0.25, 0.3) is 0 Å². The Labute approximate surface area is 263 Å². The Hall–Kier alpha value is -3.68. The van der Waals surface area contributed by atoms with E-state index < -0.39 is 23.7 Å². The van der Waals surface area contributed by atoms with Crippen LogP contribution in [0.4, 0.5) is 0 Å². The molecule has 0 saturated carbocycles. The normalized spacial score (nSPS) is 13.5. The maximum Gasteiger partial charge on any atom is 0.310 e. The fraction of sp³-hybridized carbons (Fsp3) is 0.556. The summed E-state index contributed by atoms with van der Waals surface area (Å²) in [5.41, 5.74) is 1.99. The Morgan fingerprint density at radius 2 is 0.750 bits per heavy atom. The summed E-state index contributed by atoms with van der Waals surface area (Å²) in [6.45, 7) is 16.0. The molecule has 0 N–H and O–H groups in total. The molecule has 2 rings (SSSR count). The minimum absolute atomic E-state index is 0.0425. The van der Waals surface area contributed by atoms with Crippen molar-refractivity contribution in [1.29, 1.82) is 0 Å². The van der Waals surface area contributed by atoms with E-state index in [1.165, 1.54) is 0 Å². The van der Waals surface area contributed by atoms with Crippen molar-refractivity contribution < 1.29 is 38.1 Å². The second-order valence-electron chi connectivity index (χ2n) is 11.1. The van der Waals surface area contributed by atoms with Crippen LogP contribution < -0.4 is 0 Å². The molecule has 0 fully saturated rings. The van der Waals surface area contributed by atoms with E-state index in [1.807, 2.05) is 88.4 Å². The molecule has 0 aliphatic carbocycles. The molecule has 0 aliphatic rings. The number of ether oxygens (including phenoxy) is 4. The van der Waals surface area contributed by atoms with Gasteiger partial charge < -0.3 is 18.9 Å². The molecule has 2 aromatic carbocycles. The first-order valence-electron chi connectivity index (χ1n) is 15.8. The van der Waals surface area contributed by atoms with E-state index in [1.54, 1.807) is 27.7 Å². The minimum atomic E-state index is -0.586. The smallest absolute Gasteiger partial charge is 0.310 e. The highest BCUT2D eigenvalue weighted by molar-refractivity contribution is 5.83. The third-order valence-electron chi connectivity index (χ3n) is 7.20. The molecule has 4 atom stereocenters. The molecular formula is C36H52O8. The quantitative estimate of drug-likeness (QED) is 0.157. The highest BCUT2D eigenvalue weighted by atomic mass is 16.5. The monoisotopic (exact) mass is 612 g/mol. The first kappa shape index (κ1) is 38.3. The van der Waals surface area contributed by atoms with Crippen LogP contribution >= 0.6 is 0 Å². The zero-order valence-corrected chi connectivity index (χ0v) is 27.7. The molecule has 0 spiro atoms. The average Bonchev–Trinajstić information content (AvgIpc) is 2.99. The van der Waals surface area contributed by atoms with Gasteiger partial charge in [0, 0.05) is 0 Å². The van der Waals surface area contributed by atoms with Crippen LogP contribution in [-0.4, -0.2) is 50.3 Å². The largest absolute Gasteiger partial charge is 0.466 e. The van der Waals surface area contributed by atoms with Gasteiger partial charge in [-0.25, -0.2) is 0 Å². The molecule has 0 saturated heterocycles. The summed E-state index contributed by atoms with van der Waals surface area (Å²) in [4.78, 5) is 49.3. The number of esters is 4. The van der Waals surface area contributed by atoms with E-state index in [9.17, 15) is 19.2 Å². The van der Waals surface area contributed by atoms with Crippen LogP contribution in [0.3, 0.4) is 0 Å². The van der Waals surface area contributed by atoms with Crippen LogP contribution in [0.2, 0.25) is 0 Å². The minimum Gasteiger partial charge on any atom is -0.466 e. The van der Waals surface area contributed by atoms with Crippen LogP contribution in [0.5, 0.6) is 0 Å². The van der Waals surface area contributed by atoms with E-state index in [2.05, 4.69) is 0 Å². The summed E-state index contributed by atoms with van der Waals surface area (Å²) < 4.78 is 20.7. The number of carbonyl (C=O) groups excluding carboxylic acids is 4. The summed E-state index contributed by atoms with van der Waals surface area (Å²) >= 11 is 0. The molecular weight excluding hydrogens is 560 g/mol. The molecule has 0 bridgehead atoms. The molecule has 0 heterocycles. The average molecular weight is 613 g/mol. The van der Waals surface area contributed by atoms with Crippen LogP contribution in [-0.2, 0) is 51.0 Å². The number of hydrogen-bond acceptors (Lipinski definition) is 8. The highest BCUT2D eigenvalue weighted by Gasteiger charge is 2.40. The van der Waals surface area contributed by atoms with Gasteiger partial charge in [-0.05, 0) is 63.5 Å². The van der Waals surface area contributed by atoms with Crippen molar-refractivity contribution in [3.63, 3.8) is 0 Å². The van der Waals surface area contributed by atoms with Crippen molar-refractivity contribution >= 4 is 23.9 Å². The fourth-order valence-electron chi connectivity index (χ4n) is 5.16. The van der Waals surface area contributed by atoms with E-state index in [0.717, 1.165) is 11.1 Å². The second-order valence-corrected chi connectivity index (χ2v) is 11.1. The summed E-state index contributed by atoms with van der Waals surface area (Å²) in [7, 11) is 0. The van der Waals surface area contributed by atoms with E-state index in [-0.39, 0.29) is 48.9 Å². The van der Waals surface area contributed by atoms with Gasteiger partial charge in [-0.15, -0.1) is 0 Å². The Morgan fingerprint density at radius 3 is 1.00 bits per heavy atom. The van der Waals surface area contributed by atoms with Crippen LogP contribution in [0, 0.1) is 35.5 Å². The van der Waals surface area contributed by atoms with Crippen LogP contribution in [0.1, 0.15) is 66.5 Å². The first-order chi connectivity index (χ1) is 21.0. The SMILES string of the molecule is CCOC(=O)C(C(C)C)C(C(=O)OCC)C(C)C.CCOC(=O)C(Cc1ccccc1)C(Cc1ccccc1)C(=O)OCC. The van der Waals surface area contributed by atoms with E-state index >= 15 is 0 Å². The standard InChI is InChI=1S/C22H26O4.C14H26O4/c1-3-25-21(23)19(15-17-11-7-5-8-12-17)20(22(24)26-4-2)16-18-13-9-6-10-14-18;1-7-17-13(15)11(9(3)4)12(10(5)6)14(16)18-8-2/h5-14,19-20H,3-4,15-16H2,1-2H3;9-12H,7-8H2,1-6H3. The van der Waals surface area contributed by atoms with Gasteiger partial charge in [0.05, 0.1) is 50.1 Å². The molecule has 0 aliphatic heterocycles. The van der Waals surface area contributed by atoms with Crippen molar-refractivity contribution in [1.82, 2.24) is 0 Å². The lowest BCUT2D eigenvalue weighted by molar-refractivity contribution is -0.164. The molecule has 0 amide bonds. The summed E-state index contributed by atoms with van der Waals surface area (Å²) in [6, 6.07) is 19.4. The zero-order chi connectivity index (χ0) is 33.1. The third-order valence-corrected chi connectivity index (χ3v) is 7.20. The van der Waals surface area contributed by atoms with Gasteiger partial charge in [-0.2, -0.15) is 0 Å². The molecule has 0 aromatic heterocycles. The molecule has 8 heteroatoms. The van der Waals surface area contributed by atoms with Crippen LogP contribution in [0.15, 0.2) is 60.7 Å². The van der Waals surface area contributed by atoms with Crippen molar-refractivity contribution in [3.8, 4) is 0 Å². The van der Waals surface area contributed by atoms with Crippen molar-refractivity contribution in [2.45, 2.75) is 68.2 Å². The number of hydrogen-bond donors (Lipinski definition) is 0. The third kappa shape index (κ3) is 12.9. The Kier molecular flexibility index (Phi) is 18.4. The van der Waals surface area contributed by atoms with Gasteiger partial charge >= 0.3 is 23.9 Å². The Morgan fingerprint density at radius 1 is 0.477 bits per heavy atom. The van der Waals surface area contributed by atoms with Gasteiger partial charge in [0.25, 0.3) is 0 Å². The lowest BCUT2D eigenvalue weighted by Gasteiger charge is -2.29. The van der Waals surface area contributed by atoms with Gasteiger partial charge in [0.1, 0.15) is 0 Å². The van der Waals surface area contributed by atoms with E-state index in [4.69, 9.17) is 18.9 Å². The number of benzene rings is 2.